The number of carbonyl (C=O) groups excluding carboxylic acids is 4. The molecular weight excluding hydrogens is 737 g/mol. The van der Waals surface area contributed by atoms with Crippen molar-refractivity contribution in [3.8, 4) is 33.6 Å². The normalized spacial score (nSPS) is 22.9. The van der Waals surface area contributed by atoms with Crippen LogP contribution in [0.4, 0.5) is 9.59 Å². The summed E-state index contributed by atoms with van der Waals surface area (Å²) >= 11 is 0. The number of amides is 4. The fraction of sp³-hybridized carbons (Fsp3) is 0.500. The number of likely N-dealkylation sites (tertiary alicyclic amines) is 2. The zero-order chi connectivity index (χ0) is 42.0. The van der Waals surface area contributed by atoms with Gasteiger partial charge in [-0.2, -0.15) is 0 Å². The van der Waals surface area contributed by atoms with E-state index >= 15 is 0 Å². The van der Waals surface area contributed by atoms with E-state index in [1.165, 1.54) is 14.2 Å². The third kappa shape index (κ3) is 8.46. The number of aromatic nitrogens is 4. The quantitative estimate of drug-likeness (QED) is 0.121. The van der Waals surface area contributed by atoms with Crippen LogP contribution < -0.4 is 10.6 Å². The molecule has 58 heavy (non-hydrogen) atoms. The van der Waals surface area contributed by atoms with Crippen LogP contribution in [-0.4, -0.2) is 92.1 Å². The van der Waals surface area contributed by atoms with Crippen molar-refractivity contribution in [2.75, 3.05) is 14.2 Å². The number of benzene rings is 2. The first kappa shape index (κ1) is 42.0. The highest BCUT2D eigenvalue weighted by atomic mass is 16.5. The number of nitrogens with one attached hydrogen (secondary N) is 4. The van der Waals surface area contributed by atoms with Gasteiger partial charge in [-0.1, -0.05) is 90.1 Å². The molecule has 14 heteroatoms. The largest absolute Gasteiger partial charge is 0.453 e. The number of hydrogen-bond acceptors (Lipinski definition) is 8. The summed E-state index contributed by atoms with van der Waals surface area (Å²) < 4.78 is 9.61. The van der Waals surface area contributed by atoms with Crippen molar-refractivity contribution in [3.63, 3.8) is 0 Å². The fourth-order valence-electron chi connectivity index (χ4n) is 8.35. The van der Waals surface area contributed by atoms with Gasteiger partial charge in [0.05, 0.1) is 50.1 Å². The van der Waals surface area contributed by atoms with Gasteiger partial charge >= 0.3 is 12.2 Å². The molecule has 0 saturated carbocycles. The molecule has 2 saturated heterocycles. The molecule has 310 valence electrons. The van der Waals surface area contributed by atoms with E-state index in [9.17, 15) is 19.2 Å². The van der Waals surface area contributed by atoms with Crippen LogP contribution in [0, 0.1) is 23.7 Å². The Hall–Kier alpha value is -5.66. The van der Waals surface area contributed by atoms with Gasteiger partial charge in [-0.05, 0) is 72.6 Å². The van der Waals surface area contributed by atoms with E-state index in [1.807, 2.05) is 63.7 Å². The van der Waals surface area contributed by atoms with Gasteiger partial charge in [-0.3, -0.25) is 9.59 Å². The van der Waals surface area contributed by atoms with Crippen LogP contribution in [0.5, 0.6) is 0 Å². The number of methoxy groups -OCH3 is 2. The Morgan fingerprint density at radius 3 is 1.24 bits per heavy atom. The maximum atomic E-state index is 13.9. The Morgan fingerprint density at radius 2 is 0.931 bits per heavy atom. The Bertz CT molecular complexity index is 1930. The maximum Gasteiger partial charge on any atom is 0.407 e. The topological polar surface area (TPSA) is 175 Å². The second kappa shape index (κ2) is 17.5. The smallest absolute Gasteiger partial charge is 0.407 e. The maximum absolute atomic E-state index is 13.9. The van der Waals surface area contributed by atoms with E-state index in [1.54, 1.807) is 0 Å². The van der Waals surface area contributed by atoms with Gasteiger partial charge in [0.2, 0.25) is 11.8 Å². The molecule has 0 bridgehead atoms. The van der Waals surface area contributed by atoms with E-state index in [0.717, 1.165) is 46.5 Å². The summed E-state index contributed by atoms with van der Waals surface area (Å²) in [7, 11) is 2.59. The van der Waals surface area contributed by atoms with Crippen LogP contribution >= 0.6 is 0 Å². The van der Waals surface area contributed by atoms with Gasteiger partial charge in [0.25, 0.3) is 0 Å². The summed E-state index contributed by atoms with van der Waals surface area (Å²) in [5.74, 6) is 1.38. The Morgan fingerprint density at radius 1 is 0.603 bits per heavy atom. The van der Waals surface area contributed by atoms with Crippen molar-refractivity contribution in [1.82, 2.24) is 40.4 Å². The summed E-state index contributed by atoms with van der Waals surface area (Å²) in [5.41, 5.74) is 5.75. The molecule has 0 unspecified atom stereocenters. The summed E-state index contributed by atoms with van der Waals surface area (Å²) in [4.78, 5) is 72.2. The standard InChI is InChI=1S/C44H58N8O6/c1-23(2)37(49-43(55)57-9)41(53)51-27(7)25(5)19-35(51)39-45-21-33(47-39)31-15-11-29(12-16-31)30-13-17-32(18-14-30)34-22-46-40(48-34)36-20-26(6)28(8)52(36)42(54)38(24(3)4)50-44(56)58-10/h11-18,21-28,35-38H,19-20H2,1-10H3,(H,45,47)(H,46,48)(H,49,55)(H,50,56)/t25-,26-,27-,28-,35-,36-,37-,38-/m0/s1. The van der Waals surface area contributed by atoms with Crippen molar-refractivity contribution in [2.45, 2.75) is 104 Å². The molecule has 2 aliphatic rings. The molecule has 14 nitrogen and oxygen atoms in total. The number of imidazole rings is 2. The van der Waals surface area contributed by atoms with Gasteiger partial charge in [0.15, 0.2) is 0 Å². The predicted octanol–water partition coefficient (Wildman–Crippen LogP) is 7.49. The minimum Gasteiger partial charge on any atom is -0.453 e. The van der Waals surface area contributed by atoms with Crippen LogP contribution in [-0.2, 0) is 19.1 Å². The van der Waals surface area contributed by atoms with Crippen LogP contribution in [0.2, 0.25) is 0 Å². The number of hydrogen-bond donors (Lipinski definition) is 4. The zero-order valence-corrected chi connectivity index (χ0v) is 35.2. The molecule has 0 radical (unpaired) electrons. The zero-order valence-electron chi connectivity index (χ0n) is 35.2. The van der Waals surface area contributed by atoms with Crippen LogP contribution in [0.3, 0.4) is 0 Å². The predicted molar refractivity (Wildman–Crippen MR) is 221 cm³/mol. The lowest BCUT2D eigenvalue weighted by Crippen LogP contribution is -2.53. The van der Waals surface area contributed by atoms with Crippen LogP contribution in [0.1, 0.15) is 92.0 Å². The van der Waals surface area contributed by atoms with Gasteiger partial charge in [0.1, 0.15) is 23.7 Å². The highest BCUT2D eigenvalue weighted by molar-refractivity contribution is 5.87. The molecule has 2 aliphatic heterocycles. The second-order valence-corrected chi connectivity index (χ2v) is 16.7. The lowest BCUT2D eigenvalue weighted by molar-refractivity contribution is -0.138. The van der Waals surface area contributed by atoms with E-state index in [2.05, 4.69) is 83.0 Å². The Labute approximate surface area is 340 Å². The number of nitrogens with zero attached hydrogens (tertiary/aromatic N) is 4. The van der Waals surface area contributed by atoms with Crippen molar-refractivity contribution < 1.29 is 28.7 Å². The molecule has 4 amide bonds. The molecule has 6 rings (SSSR count). The SMILES string of the molecule is COC(=O)N[C@H](C(=O)N1[C@H](c2ncc(-c3ccc(-c4ccc(-c5cnc([C@@H]6C[C@H](C)[C@H](C)N6C(=O)[C@@H](NC(=O)OC)C(C)C)[nH]5)cc4)cc3)[nH]2)C[C@H](C)[C@@H]1C)C(C)C. The monoisotopic (exact) mass is 794 g/mol. The first-order valence-electron chi connectivity index (χ1n) is 20.3. The molecule has 4 N–H and O–H groups in total. The molecule has 0 spiro atoms. The average Bonchev–Trinajstić information content (AvgIpc) is 4.02. The molecule has 4 aromatic rings. The third-order valence-electron chi connectivity index (χ3n) is 12.2. The molecule has 8 atom stereocenters. The first-order valence-corrected chi connectivity index (χ1v) is 20.3. The minimum absolute atomic E-state index is 0.0328. The third-order valence-corrected chi connectivity index (χ3v) is 12.2. The fourth-order valence-corrected chi connectivity index (χ4v) is 8.35. The highest BCUT2D eigenvalue weighted by Crippen LogP contribution is 2.41. The highest BCUT2D eigenvalue weighted by Gasteiger charge is 2.46. The average molecular weight is 795 g/mol. The Balaban J connectivity index is 1.15. The summed E-state index contributed by atoms with van der Waals surface area (Å²) in [6, 6.07) is 14.5. The second-order valence-electron chi connectivity index (χ2n) is 16.7. The van der Waals surface area contributed by atoms with Crippen molar-refractivity contribution >= 4 is 24.0 Å². The number of aromatic amines is 2. The van der Waals surface area contributed by atoms with E-state index in [4.69, 9.17) is 19.4 Å². The van der Waals surface area contributed by atoms with Crippen LogP contribution in [0.15, 0.2) is 60.9 Å². The number of H-pyrrole nitrogens is 2. The van der Waals surface area contributed by atoms with Crippen LogP contribution in [0.25, 0.3) is 33.6 Å². The number of carbonyl (C=O) groups is 4. The number of ether oxygens (including phenoxy) is 2. The van der Waals surface area contributed by atoms with Crippen molar-refractivity contribution in [1.29, 1.82) is 0 Å². The van der Waals surface area contributed by atoms with E-state index in [0.29, 0.717) is 11.6 Å². The molecule has 2 aromatic heterocycles. The van der Waals surface area contributed by atoms with Gasteiger partial charge in [-0.15, -0.1) is 0 Å². The van der Waals surface area contributed by atoms with Gasteiger partial charge in [0, 0.05) is 12.1 Å². The minimum atomic E-state index is -0.717. The van der Waals surface area contributed by atoms with Gasteiger partial charge < -0.3 is 39.9 Å². The lowest BCUT2D eigenvalue weighted by Gasteiger charge is -2.33. The molecular formula is C44H58N8O6. The lowest BCUT2D eigenvalue weighted by atomic mass is 10.0. The molecule has 0 aliphatic carbocycles. The Kier molecular flexibility index (Phi) is 12.6. The van der Waals surface area contributed by atoms with Gasteiger partial charge in [-0.25, -0.2) is 19.6 Å². The summed E-state index contributed by atoms with van der Waals surface area (Å²) in [5, 5.41) is 5.46. The van der Waals surface area contributed by atoms with Crippen molar-refractivity contribution in [3.05, 3.63) is 72.6 Å². The van der Waals surface area contributed by atoms with E-state index in [-0.39, 0.29) is 59.7 Å². The molecule has 2 fully saturated rings. The summed E-state index contributed by atoms with van der Waals surface area (Å²) in [6.45, 7) is 16.0. The molecule has 2 aromatic carbocycles. The van der Waals surface area contributed by atoms with Crippen molar-refractivity contribution in [2.24, 2.45) is 23.7 Å². The van der Waals surface area contributed by atoms with E-state index < -0.39 is 24.3 Å². The first-order chi connectivity index (χ1) is 27.6. The molecule has 4 heterocycles. The number of rotatable bonds is 11. The number of alkyl carbamates (subject to hydrolysis) is 2. The summed E-state index contributed by atoms with van der Waals surface area (Å²) in [6.07, 6.45) is 3.87.